The maximum Gasteiger partial charge on any atom is 0.434 e. The Morgan fingerprint density at radius 2 is 1.91 bits per heavy atom. The SMILES string of the molecule is Cc1cnc(-n2[nH]cc(-n3cnc(C(F)(F)F)c3)c2=O)cc1C. The number of aromatic nitrogens is 5. The zero-order valence-corrected chi connectivity index (χ0v) is 12.2. The van der Waals surface area contributed by atoms with Crippen LogP contribution in [0.25, 0.3) is 11.5 Å². The van der Waals surface area contributed by atoms with Crippen LogP contribution in [0.15, 0.2) is 35.8 Å². The second-order valence-electron chi connectivity index (χ2n) is 5.09. The average molecular weight is 323 g/mol. The van der Waals surface area contributed by atoms with E-state index in [9.17, 15) is 18.0 Å². The molecule has 9 heteroatoms. The molecule has 3 aromatic rings. The highest BCUT2D eigenvalue weighted by Gasteiger charge is 2.33. The highest BCUT2D eigenvalue weighted by atomic mass is 19.4. The molecule has 1 N–H and O–H groups in total. The Kier molecular flexibility index (Phi) is 3.35. The number of halogens is 3. The number of hydrogen-bond donors (Lipinski definition) is 1. The van der Waals surface area contributed by atoms with Crippen LogP contribution < -0.4 is 5.56 Å². The molecule has 0 aliphatic heterocycles. The van der Waals surface area contributed by atoms with Crippen LogP contribution in [0, 0.1) is 13.8 Å². The number of aryl methyl sites for hydroxylation is 2. The Hall–Kier alpha value is -2.84. The van der Waals surface area contributed by atoms with E-state index in [1.165, 1.54) is 6.20 Å². The number of H-pyrrole nitrogens is 1. The topological polar surface area (TPSA) is 68.5 Å². The van der Waals surface area contributed by atoms with E-state index >= 15 is 0 Å². The zero-order chi connectivity index (χ0) is 16.8. The maximum atomic E-state index is 12.6. The predicted molar refractivity (Wildman–Crippen MR) is 75.8 cm³/mol. The fraction of sp³-hybridized carbons (Fsp3) is 0.214. The summed E-state index contributed by atoms with van der Waals surface area (Å²) >= 11 is 0. The van der Waals surface area contributed by atoms with Gasteiger partial charge in [0.1, 0.15) is 12.0 Å². The van der Waals surface area contributed by atoms with E-state index < -0.39 is 17.4 Å². The van der Waals surface area contributed by atoms with Crippen LogP contribution in [0.5, 0.6) is 0 Å². The number of alkyl halides is 3. The van der Waals surface area contributed by atoms with E-state index in [-0.39, 0.29) is 5.69 Å². The smallest absolute Gasteiger partial charge is 0.299 e. The molecule has 0 aliphatic rings. The highest BCUT2D eigenvalue weighted by Crippen LogP contribution is 2.27. The molecule has 0 aliphatic carbocycles. The standard InChI is InChI=1S/C14H12F3N5O/c1-8-3-12(18-4-9(8)2)22-13(23)10(5-20-22)21-6-11(19-7-21)14(15,16)17/h3-7,20H,1-2H3. The molecule has 0 aromatic carbocycles. The molecule has 3 aromatic heterocycles. The van der Waals surface area contributed by atoms with Crippen molar-refractivity contribution in [3.8, 4) is 11.5 Å². The predicted octanol–water partition coefficient (Wildman–Crippen LogP) is 2.38. The molecule has 23 heavy (non-hydrogen) atoms. The van der Waals surface area contributed by atoms with Crippen LogP contribution in [-0.4, -0.2) is 24.3 Å². The molecule has 0 amide bonds. The number of rotatable bonds is 2. The van der Waals surface area contributed by atoms with Crippen LogP contribution in [0.2, 0.25) is 0 Å². The van der Waals surface area contributed by atoms with Gasteiger partial charge in [0.05, 0.1) is 0 Å². The normalized spacial score (nSPS) is 11.9. The van der Waals surface area contributed by atoms with Crippen molar-refractivity contribution in [1.82, 2.24) is 24.3 Å². The number of pyridine rings is 1. The Bertz CT molecular complexity index is 919. The summed E-state index contributed by atoms with van der Waals surface area (Å²) in [5.41, 5.74) is 0.354. The first-order valence-electron chi connectivity index (χ1n) is 6.63. The third kappa shape index (κ3) is 2.65. The molecule has 0 unspecified atom stereocenters. The number of nitrogens with one attached hydrogen (secondary N) is 1. The van der Waals surface area contributed by atoms with Crippen molar-refractivity contribution in [2.45, 2.75) is 20.0 Å². The lowest BCUT2D eigenvalue weighted by Gasteiger charge is -2.04. The number of nitrogens with zero attached hydrogens (tertiary/aromatic N) is 4. The minimum Gasteiger partial charge on any atom is -0.299 e. The molecule has 0 bridgehead atoms. The number of aromatic amines is 1. The molecule has 120 valence electrons. The monoisotopic (exact) mass is 323 g/mol. The molecule has 0 saturated heterocycles. The van der Waals surface area contributed by atoms with E-state index in [1.54, 1.807) is 12.3 Å². The average Bonchev–Trinajstić information content (AvgIpc) is 3.08. The van der Waals surface area contributed by atoms with Gasteiger partial charge in [0, 0.05) is 18.6 Å². The third-order valence-corrected chi connectivity index (χ3v) is 3.49. The highest BCUT2D eigenvalue weighted by molar-refractivity contribution is 5.35. The van der Waals surface area contributed by atoms with Gasteiger partial charge >= 0.3 is 6.18 Å². The summed E-state index contributed by atoms with van der Waals surface area (Å²) in [5.74, 6) is 0.362. The van der Waals surface area contributed by atoms with Gasteiger partial charge in [0.25, 0.3) is 5.56 Å². The fourth-order valence-electron chi connectivity index (χ4n) is 2.05. The summed E-state index contributed by atoms with van der Waals surface area (Å²) in [4.78, 5) is 19.8. The molecule has 3 heterocycles. The molecule has 6 nitrogen and oxygen atoms in total. The summed E-state index contributed by atoms with van der Waals surface area (Å²) in [6.45, 7) is 3.76. The zero-order valence-electron chi connectivity index (χ0n) is 12.2. The van der Waals surface area contributed by atoms with Gasteiger partial charge < -0.3 is 0 Å². The summed E-state index contributed by atoms with van der Waals surface area (Å²) in [6, 6.07) is 1.71. The van der Waals surface area contributed by atoms with E-state index in [4.69, 9.17) is 0 Å². The number of imidazole rings is 1. The Labute approximate surface area is 128 Å². The van der Waals surface area contributed by atoms with E-state index in [1.807, 2.05) is 13.8 Å². The van der Waals surface area contributed by atoms with Crippen molar-refractivity contribution < 1.29 is 13.2 Å². The van der Waals surface area contributed by atoms with Gasteiger partial charge in [-0.05, 0) is 31.0 Å². The molecule has 0 atom stereocenters. The van der Waals surface area contributed by atoms with Crippen LogP contribution in [-0.2, 0) is 6.18 Å². The van der Waals surface area contributed by atoms with E-state index in [2.05, 4.69) is 15.1 Å². The molecule has 0 radical (unpaired) electrons. The second-order valence-corrected chi connectivity index (χ2v) is 5.09. The van der Waals surface area contributed by atoms with Gasteiger partial charge in [-0.1, -0.05) is 0 Å². The van der Waals surface area contributed by atoms with Gasteiger partial charge in [-0.25, -0.2) is 9.97 Å². The van der Waals surface area contributed by atoms with Crippen molar-refractivity contribution in [2.75, 3.05) is 0 Å². The van der Waals surface area contributed by atoms with Crippen molar-refractivity contribution in [3.63, 3.8) is 0 Å². The molecular weight excluding hydrogens is 311 g/mol. The molecular formula is C14H12F3N5O. The molecule has 0 fully saturated rings. The second kappa shape index (κ2) is 5.11. The van der Waals surface area contributed by atoms with Crippen LogP contribution >= 0.6 is 0 Å². The lowest BCUT2D eigenvalue weighted by molar-refractivity contribution is -0.140. The Morgan fingerprint density at radius 1 is 1.17 bits per heavy atom. The maximum absolute atomic E-state index is 12.6. The lowest BCUT2D eigenvalue weighted by Crippen LogP contribution is -2.19. The summed E-state index contributed by atoms with van der Waals surface area (Å²) < 4.78 is 40.0. The van der Waals surface area contributed by atoms with Gasteiger partial charge in [0.2, 0.25) is 0 Å². The van der Waals surface area contributed by atoms with Crippen molar-refractivity contribution in [3.05, 3.63) is 58.2 Å². The van der Waals surface area contributed by atoms with Crippen molar-refractivity contribution in [1.29, 1.82) is 0 Å². The molecule has 3 rings (SSSR count). The lowest BCUT2D eigenvalue weighted by atomic mass is 10.2. The fourth-order valence-corrected chi connectivity index (χ4v) is 2.05. The van der Waals surface area contributed by atoms with Crippen LogP contribution in [0.1, 0.15) is 16.8 Å². The molecule has 0 saturated carbocycles. The third-order valence-electron chi connectivity index (χ3n) is 3.49. The Balaban J connectivity index is 2.04. The van der Waals surface area contributed by atoms with Crippen molar-refractivity contribution >= 4 is 0 Å². The first kappa shape index (κ1) is 15.1. The van der Waals surface area contributed by atoms with Gasteiger partial charge in [-0.15, -0.1) is 0 Å². The largest absolute Gasteiger partial charge is 0.434 e. The van der Waals surface area contributed by atoms with E-state index in [0.29, 0.717) is 5.82 Å². The van der Waals surface area contributed by atoms with E-state index in [0.717, 1.165) is 32.9 Å². The summed E-state index contributed by atoms with van der Waals surface area (Å²) in [6.07, 6.45) is 0.0854. The van der Waals surface area contributed by atoms with Crippen LogP contribution in [0.3, 0.4) is 0 Å². The van der Waals surface area contributed by atoms with Gasteiger partial charge in [0.15, 0.2) is 11.5 Å². The Morgan fingerprint density at radius 3 is 2.52 bits per heavy atom. The summed E-state index contributed by atoms with van der Waals surface area (Å²) in [7, 11) is 0. The summed E-state index contributed by atoms with van der Waals surface area (Å²) in [5, 5.41) is 2.70. The number of hydrogen-bond acceptors (Lipinski definition) is 3. The molecule has 0 spiro atoms. The quantitative estimate of drug-likeness (QED) is 0.787. The van der Waals surface area contributed by atoms with Gasteiger partial charge in [-0.2, -0.15) is 17.9 Å². The minimum atomic E-state index is -4.56. The van der Waals surface area contributed by atoms with Crippen molar-refractivity contribution in [2.24, 2.45) is 0 Å². The van der Waals surface area contributed by atoms with Gasteiger partial charge in [-0.3, -0.25) is 14.5 Å². The first-order chi connectivity index (χ1) is 10.8. The minimum absolute atomic E-state index is 0.0213. The van der Waals surface area contributed by atoms with Crippen LogP contribution in [0.4, 0.5) is 13.2 Å². The first-order valence-corrected chi connectivity index (χ1v) is 6.63.